The SMILES string of the molecule is CC(C=O)=C1CCC(C)(C)CC1. The van der Waals surface area contributed by atoms with Crippen molar-refractivity contribution in [3.05, 3.63) is 11.1 Å². The Balaban J connectivity index is 2.63. The predicted molar refractivity (Wildman–Crippen MR) is 51.0 cm³/mol. The molecular weight excluding hydrogens is 148 g/mol. The van der Waals surface area contributed by atoms with Crippen LogP contribution in [0.3, 0.4) is 0 Å². The molecule has 1 aliphatic carbocycles. The predicted octanol–water partition coefficient (Wildman–Crippen LogP) is 3.10. The van der Waals surface area contributed by atoms with E-state index in [2.05, 4.69) is 13.8 Å². The normalized spacial score (nSPS) is 22.1. The third-order valence-corrected chi connectivity index (χ3v) is 2.94. The maximum Gasteiger partial charge on any atom is 0.145 e. The molecule has 1 heteroatoms. The molecule has 12 heavy (non-hydrogen) atoms. The molecule has 1 nitrogen and oxygen atoms in total. The number of allylic oxidation sites excluding steroid dienone is 2. The van der Waals surface area contributed by atoms with Gasteiger partial charge in [-0.3, -0.25) is 4.79 Å². The van der Waals surface area contributed by atoms with Crippen molar-refractivity contribution in [1.29, 1.82) is 0 Å². The van der Waals surface area contributed by atoms with Crippen LogP contribution in [-0.4, -0.2) is 6.29 Å². The molecule has 1 saturated carbocycles. The van der Waals surface area contributed by atoms with Gasteiger partial charge in [0.2, 0.25) is 0 Å². The monoisotopic (exact) mass is 166 g/mol. The molecule has 0 heterocycles. The standard InChI is InChI=1S/C11H18O/c1-9(8-12)10-4-6-11(2,3)7-5-10/h8H,4-7H2,1-3H3. The van der Waals surface area contributed by atoms with E-state index in [0.29, 0.717) is 5.41 Å². The lowest BCUT2D eigenvalue weighted by atomic mass is 9.75. The Morgan fingerprint density at radius 3 is 2.25 bits per heavy atom. The molecule has 0 aromatic rings. The summed E-state index contributed by atoms with van der Waals surface area (Å²) in [7, 11) is 0. The summed E-state index contributed by atoms with van der Waals surface area (Å²) >= 11 is 0. The van der Waals surface area contributed by atoms with Crippen LogP contribution >= 0.6 is 0 Å². The molecule has 0 aromatic heterocycles. The largest absolute Gasteiger partial charge is 0.298 e. The summed E-state index contributed by atoms with van der Waals surface area (Å²) in [6.07, 6.45) is 5.70. The van der Waals surface area contributed by atoms with Gasteiger partial charge in [0.1, 0.15) is 6.29 Å². The minimum atomic E-state index is 0.493. The Morgan fingerprint density at radius 2 is 1.83 bits per heavy atom. The van der Waals surface area contributed by atoms with Gasteiger partial charge in [-0.15, -0.1) is 0 Å². The van der Waals surface area contributed by atoms with Crippen molar-refractivity contribution < 1.29 is 4.79 Å². The third-order valence-electron chi connectivity index (χ3n) is 2.94. The van der Waals surface area contributed by atoms with Crippen molar-refractivity contribution in [3.63, 3.8) is 0 Å². The van der Waals surface area contributed by atoms with E-state index in [-0.39, 0.29) is 0 Å². The molecule has 0 amide bonds. The fourth-order valence-electron chi connectivity index (χ4n) is 1.71. The van der Waals surface area contributed by atoms with Gasteiger partial charge in [-0.25, -0.2) is 0 Å². The second-order valence-electron chi connectivity index (χ2n) is 4.57. The van der Waals surface area contributed by atoms with Crippen LogP contribution in [0.15, 0.2) is 11.1 Å². The van der Waals surface area contributed by atoms with Crippen LogP contribution in [0.2, 0.25) is 0 Å². The fraction of sp³-hybridized carbons (Fsp3) is 0.727. The molecular formula is C11H18O. The Hall–Kier alpha value is -0.590. The first-order valence-corrected chi connectivity index (χ1v) is 4.69. The van der Waals surface area contributed by atoms with Gasteiger partial charge in [-0.1, -0.05) is 19.4 Å². The average molecular weight is 166 g/mol. The topological polar surface area (TPSA) is 17.1 Å². The summed E-state index contributed by atoms with van der Waals surface area (Å²) in [6, 6.07) is 0. The lowest BCUT2D eigenvalue weighted by Gasteiger charge is -2.31. The van der Waals surface area contributed by atoms with E-state index in [1.54, 1.807) is 0 Å². The van der Waals surface area contributed by atoms with Gasteiger partial charge >= 0.3 is 0 Å². The summed E-state index contributed by atoms with van der Waals surface area (Å²) in [6.45, 7) is 6.54. The molecule has 0 unspecified atom stereocenters. The van der Waals surface area contributed by atoms with Crippen LogP contribution < -0.4 is 0 Å². The first-order valence-electron chi connectivity index (χ1n) is 4.69. The van der Waals surface area contributed by atoms with Gasteiger partial charge < -0.3 is 0 Å². The number of carbonyl (C=O) groups excluding carboxylic acids is 1. The van der Waals surface area contributed by atoms with Gasteiger partial charge in [-0.05, 0) is 43.6 Å². The summed E-state index contributed by atoms with van der Waals surface area (Å²) in [5.74, 6) is 0. The Bertz CT molecular complexity index is 199. The molecule has 68 valence electrons. The van der Waals surface area contributed by atoms with Crippen LogP contribution in [0.1, 0.15) is 46.5 Å². The lowest BCUT2D eigenvalue weighted by molar-refractivity contribution is -0.104. The highest BCUT2D eigenvalue weighted by Gasteiger charge is 2.23. The zero-order valence-electron chi connectivity index (χ0n) is 8.31. The van der Waals surface area contributed by atoms with Gasteiger partial charge in [0.25, 0.3) is 0 Å². The van der Waals surface area contributed by atoms with E-state index >= 15 is 0 Å². The smallest absolute Gasteiger partial charge is 0.145 e. The molecule has 0 spiro atoms. The number of carbonyl (C=O) groups is 1. The summed E-state index contributed by atoms with van der Waals surface area (Å²) in [5, 5.41) is 0. The Labute approximate surface area is 74.9 Å². The van der Waals surface area contributed by atoms with Crippen molar-refractivity contribution in [2.24, 2.45) is 5.41 Å². The molecule has 0 N–H and O–H groups in total. The van der Waals surface area contributed by atoms with Crippen molar-refractivity contribution in [1.82, 2.24) is 0 Å². The molecule has 1 rings (SSSR count). The van der Waals surface area contributed by atoms with Gasteiger partial charge in [0.05, 0.1) is 0 Å². The molecule has 0 radical (unpaired) electrons. The van der Waals surface area contributed by atoms with E-state index in [9.17, 15) is 4.79 Å². The summed E-state index contributed by atoms with van der Waals surface area (Å²) < 4.78 is 0. The number of rotatable bonds is 1. The third kappa shape index (κ3) is 2.20. The van der Waals surface area contributed by atoms with Crippen LogP contribution in [-0.2, 0) is 4.79 Å². The molecule has 0 aliphatic heterocycles. The van der Waals surface area contributed by atoms with Crippen LogP contribution in [0.4, 0.5) is 0 Å². The van der Waals surface area contributed by atoms with E-state index in [0.717, 1.165) is 24.7 Å². The molecule has 0 saturated heterocycles. The molecule has 1 aliphatic rings. The summed E-state index contributed by atoms with van der Waals surface area (Å²) in [4.78, 5) is 10.5. The minimum absolute atomic E-state index is 0.493. The van der Waals surface area contributed by atoms with Crippen molar-refractivity contribution in [2.75, 3.05) is 0 Å². The molecule has 0 atom stereocenters. The maximum absolute atomic E-state index is 10.5. The van der Waals surface area contributed by atoms with Crippen molar-refractivity contribution in [3.8, 4) is 0 Å². The Morgan fingerprint density at radius 1 is 1.33 bits per heavy atom. The van der Waals surface area contributed by atoms with Gasteiger partial charge in [-0.2, -0.15) is 0 Å². The summed E-state index contributed by atoms with van der Waals surface area (Å²) in [5.41, 5.74) is 2.84. The average Bonchev–Trinajstić information content (AvgIpc) is 2.03. The van der Waals surface area contributed by atoms with E-state index < -0.39 is 0 Å². The highest BCUT2D eigenvalue weighted by Crippen LogP contribution is 2.38. The number of hydrogen-bond acceptors (Lipinski definition) is 1. The molecule has 0 aromatic carbocycles. The number of hydrogen-bond donors (Lipinski definition) is 0. The van der Waals surface area contributed by atoms with E-state index in [1.807, 2.05) is 6.92 Å². The quantitative estimate of drug-likeness (QED) is 0.432. The van der Waals surface area contributed by atoms with Crippen molar-refractivity contribution in [2.45, 2.75) is 46.5 Å². The first-order chi connectivity index (χ1) is 5.55. The van der Waals surface area contributed by atoms with E-state index in [4.69, 9.17) is 0 Å². The first kappa shape index (κ1) is 9.50. The zero-order chi connectivity index (χ0) is 9.19. The highest BCUT2D eigenvalue weighted by molar-refractivity contribution is 5.73. The number of aldehydes is 1. The van der Waals surface area contributed by atoms with Gasteiger partial charge in [0, 0.05) is 0 Å². The van der Waals surface area contributed by atoms with Crippen molar-refractivity contribution >= 4 is 6.29 Å². The van der Waals surface area contributed by atoms with E-state index in [1.165, 1.54) is 18.4 Å². The molecule has 0 bridgehead atoms. The van der Waals surface area contributed by atoms with Crippen LogP contribution in [0.25, 0.3) is 0 Å². The minimum Gasteiger partial charge on any atom is -0.298 e. The second kappa shape index (κ2) is 3.42. The highest BCUT2D eigenvalue weighted by atomic mass is 16.1. The van der Waals surface area contributed by atoms with Crippen LogP contribution in [0, 0.1) is 5.41 Å². The maximum atomic E-state index is 10.5. The van der Waals surface area contributed by atoms with Gasteiger partial charge in [0.15, 0.2) is 0 Å². The zero-order valence-corrected chi connectivity index (χ0v) is 8.31. The second-order valence-corrected chi connectivity index (χ2v) is 4.57. The fourth-order valence-corrected chi connectivity index (χ4v) is 1.71. The van der Waals surface area contributed by atoms with Crippen LogP contribution in [0.5, 0.6) is 0 Å². The molecule has 1 fully saturated rings. The Kier molecular flexibility index (Phi) is 2.71. The lowest BCUT2D eigenvalue weighted by Crippen LogP contribution is -2.17.